The molecule has 0 aromatic heterocycles. The first-order valence-electron chi connectivity index (χ1n) is 14.4. The minimum absolute atomic E-state index is 0.0335. The summed E-state index contributed by atoms with van der Waals surface area (Å²) >= 11 is 0. The van der Waals surface area contributed by atoms with Gasteiger partial charge in [-0.1, -0.05) is 50.6 Å². The third-order valence-electron chi connectivity index (χ3n) is 7.63. The first-order valence-corrected chi connectivity index (χ1v) is 14.4. The van der Waals surface area contributed by atoms with E-state index in [2.05, 4.69) is 16.0 Å². The number of rotatable bonds is 18. The van der Waals surface area contributed by atoms with E-state index in [4.69, 9.17) is 5.11 Å². The van der Waals surface area contributed by atoms with E-state index < -0.39 is 66.7 Å². The zero-order chi connectivity index (χ0) is 33.6. The number of carbonyl (C=O) groups is 7. The Hall–Kier alpha value is -4.33. The van der Waals surface area contributed by atoms with E-state index in [1.54, 1.807) is 31.3 Å². The van der Waals surface area contributed by atoms with Crippen LogP contribution in [0, 0.1) is 5.92 Å². The number of carbonyl (C=O) groups excluding carboxylic acids is 6. The Morgan fingerprint density at radius 1 is 0.955 bits per heavy atom. The van der Waals surface area contributed by atoms with Gasteiger partial charge in [0.25, 0.3) is 0 Å². The maximum atomic E-state index is 13.6. The Kier molecular flexibility index (Phi) is 15.7. The maximum Gasteiger partial charge on any atom is 0.326 e. The molecule has 0 saturated heterocycles. The molecule has 5 unspecified atom stereocenters. The molecule has 5 atom stereocenters. The van der Waals surface area contributed by atoms with Crippen LogP contribution in [0.2, 0.25) is 0 Å². The molecule has 0 spiro atoms. The average Bonchev–Trinajstić information content (AvgIpc) is 3.00. The first-order chi connectivity index (χ1) is 20.7. The molecule has 14 heteroatoms. The number of carboxylic acids is 1. The fourth-order valence-electron chi connectivity index (χ4n) is 4.36. The summed E-state index contributed by atoms with van der Waals surface area (Å²) in [6.07, 6.45) is 0.778. The van der Waals surface area contributed by atoms with Crippen molar-refractivity contribution >= 4 is 41.8 Å². The molecular formula is C30H46N6O8. The van der Waals surface area contributed by atoms with Crippen LogP contribution in [0.5, 0.6) is 0 Å². The molecular weight excluding hydrogens is 572 g/mol. The SMILES string of the molecule is CCC(C)C(NC)C(=O)NCC(=O)N(C)C(Cc1ccccc1)C(=O)N(C)CC(=O)NC(C=O)CC(=O)N(C)C(C)C(=O)O. The average molecular weight is 619 g/mol. The highest BCUT2D eigenvalue weighted by Crippen LogP contribution is 2.12. The zero-order valence-electron chi connectivity index (χ0n) is 26.5. The minimum atomic E-state index is -1.24. The lowest BCUT2D eigenvalue weighted by Crippen LogP contribution is -2.54. The predicted molar refractivity (Wildman–Crippen MR) is 162 cm³/mol. The number of amides is 5. The molecule has 0 aliphatic carbocycles. The molecule has 0 radical (unpaired) electrons. The van der Waals surface area contributed by atoms with Crippen molar-refractivity contribution in [3.05, 3.63) is 35.9 Å². The molecule has 0 heterocycles. The van der Waals surface area contributed by atoms with Crippen LogP contribution in [0.3, 0.4) is 0 Å². The molecule has 0 fully saturated rings. The lowest BCUT2D eigenvalue weighted by Gasteiger charge is -2.31. The fraction of sp³-hybridized carbons (Fsp3) is 0.567. The molecule has 0 bridgehead atoms. The summed E-state index contributed by atoms with van der Waals surface area (Å²) in [6.45, 7) is 4.36. The van der Waals surface area contributed by atoms with Gasteiger partial charge in [0.1, 0.15) is 18.4 Å². The quantitative estimate of drug-likeness (QED) is 0.154. The summed E-state index contributed by atoms with van der Waals surface area (Å²) in [5.74, 6) is -4.00. The summed E-state index contributed by atoms with van der Waals surface area (Å²) in [5, 5.41) is 17.1. The number of carboxylic acid groups (broad SMARTS) is 1. The number of aldehydes is 1. The smallest absolute Gasteiger partial charge is 0.326 e. The third kappa shape index (κ3) is 11.4. The first kappa shape index (κ1) is 37.7. The fourth-order valence-corrected chi connectivity index (χ4v) is 4.36. The van der Waals surface area contributed by atoms with Crippen LogP contribution >= 0.6 is 0 Å². The third-order valence-corrected chi connectivity index (χ3v) is 7.63. The van der Waals surface area contributed by atoms with Gasteiger partial charge in [-0.05, 0) is 25.5 Å². The summed E-state index contributed by atoms with van der Waals surface area (Å²) in [7, 11) is 5.75. The molecule has 0 saturated carbocycles. The molecule has 5 amide bonds. The van der Waals surface area contributed by atoms with Crippen LogP contribution in [0.4, 0.5) is 0 Å². The van der Waals surface area contributed by atoms with Crippen LogP contribution in [0.25, 0.3) is 0 Å². The Morgan fingerprint density at radius 3 is 2.09 bits per heavy atom. The highest BCUT2D eigenvalue weighted by molar-refractivity contribution is 5.93. The second kappa shape index (κ2) is 18.4. The van der Waals surface area contributed by atoms with E-state index in [0.29, 0.717) is 6.29 Å². The van der Waals surface area contributed by atoms with Crippen molar-refractivity contribution < 1.29 is 38.7 Å². The van der Waals surface area contributed by atoms with Gasteiger partial charge in [-0.2, -0.15) is 0 Å². The van der Waals surface area contributed by atoms with Gasteiger partial charge in [-0.15, -0.1) is 0 Å². The Balaban J connectivity index is 2.98. The molecule has 1 aromatic carbocycles. The van der Waals surface area contributed by atoms with Gasteiger partial charge in [0.05, 0.1) is 31.6 Å². The van der Waals surface area contributed by atoms with Crippen LogP contribution in [0.1, 0.15) is 39.2 Å². The summed E-state index contributed by atoms with van der Waals surface area (Å²) < 4.78 is 0. The van der Waals surface area contributed by atoms with Crippen molar-refractivity contribution in [2.24, 2.45) is 5.92 Å². The zero-order valence-corrected chi connectivity index (χ0v) is 26.5. The van der Waals surface area contributed by atoms with E-state index in [-0.39, 0.29) is 24.8 Å². The predicted octanol–water partition coefficient (Wildman–Crippen LogP) is -0.730. The number of hydrogen-bond donors (Lipinski definition) is 4. The maximum absolute atomic E-state index is 13.6. The molecule has 1 aromatic rings. The van der Waals surface area contributed by atoms with Gasteiger partial charge in [0, 0.05) is 27.6 Å². The number of nitrogens with one attached hydrogen (secondary N) is 3. The number of hydrogen-bond acceptors (Lipinski definition) is 8. The van der Waals surface area contributed by atoms with Crippen molar-refractivity contribution in [1.29, 1.82) is 0 Å². The highest BCUT2D eigenvalue weighted by Gasteiger charge is 2.32. The van der Waals surface area contributed by atoms with E-state index in [1.807, 2.05) is 19.9 Å². The summed E-state index contributed by atoms with van der Waals surface area (Å²) in [5.41, 5.74) is 0.763. The number of aliphatic carboxylic acids is 1. The van der Waals surface area contributed by atoms with Crippen molar-refractivity contribution in [1.82, 2.24) is 30.7 Å². The Bertz CT molecular complexity index is 1160. The number of likely N-dealkylation sites (N-methyl/N-ethyl adjacent to an activating group) is 4. The van der Waals surface area contributed by atoms with Crippen molar-refractivity contribution in [3.8, 4) is 0 Å². The molecule has 14 nitrogen and oxygen atoms in total. The second-order valence-electron chi connectivity index (χ2n) is 10.8. The van der Waals surface area contributed by atoms with E-state index in [9.17, 15) is 33.6 Å². The Morgan fingerprint density at radius 2 is 1.57 bits per heavy atom. The topological polar surface area (TPSA) is 186 Å². The second-order valence-corrected chi connectivity index (χ2v) is 10.8. The van der Waals surface area contributed by atoms with Crippen LogP contribution in [-0.2, 0) is 40.0 Å². The van der Waals surface area contributed by atoms with Gasteiger partial charge in [-0.3, -0.25) is 24.0 Å². The standard InChI is InChI=1S/C30H46N6O8/c1-8-19(2)27(31-4)28(41)32-16-26(40)36(7)23(14-21-12-10-9-11-13-21)29(42)34(5)17-24(38)33-22(18-37)15-25(39)35(6)20(3)30(43)44/h9-13,18-20,22-23,27,31H,8,14-17H2,1-7H3,(H,32,41)(H,33,38)(H,43,44). The minimum Gasteiger partial charge on any atom is -0.480 e. The van der Waals surface area contributed by atoms with Gasteiger partial charge >= 0.3 is 5.97 Å². The van der Waals surface area contributed by atoms with Gasteiger partial charge < -0.3 is 40.6 Å². The van der Waals surface area contributed by atoms with Gasteiger partial charge in [-0.25, -0.2) is 4.79 Å². The molecule has 4 N–H and O–H groups in total. The molecule has 244 valence electrons. The molecule has 0 aliphatic heterocycles. The van der Waals surface area contributed by atoms with Crippen molar-refractivity contribution in [2.75, 3.05) is 41.3 Å². The van der Waals surface area contributed by atoms with Crippen LogP contribution < -0.4 is 16.0 Å². The largest absolute Gasteiger partial charge is 0.480 e. The number of benzene rings is 1. The molecule has 44 heavy (non-hydrogen) atoms. The monoisotopic (exact) mass is 618 g/mol. The lowest BCUT2D eigenvalue weighted by molar-refractivity contribution is -0.148. The van der Waals surface area contributed by atoms with Crippen LogP contribution in [-0.4, -0.2) is 127 Å². The Labute approximate surface area is 258 Å². The van der Waals surface area contributed by atoms with E-state index >= 15 is 0 Å². The lowest BCUT2D eigenvalue weighted by atomic mass is 9.98. The van der Waals surface area contributed by atoms with Crippen molar-refractivity contribution in [2.45, 2.75) is 64.2 Å². The van der Waals surface area contributed by atoms with E-state index in [1.165, 1.54) is 33.0 Å². The highest BCUT2D eigenvalue weighted by atomic mass is 16.4. The summed E-state index contributed by atoms with van der Waals surface area (Å²) in [4.78, 5) is 90.5. The van der Waals surface area contributed by atoms with Crippen molar-refractivity contribution in [3.63, 3.8) is 0 Å². The van der Waals surface area contributed by atoms with Crippen LogP contribution in [0.15, 0.2) is 30.3 Å². The van der Waals surface area contributed by atoms with Gasteiger partial charge in [0.15, 0.2) is 0 Å². The molecule has 1 rings (SSSR count). The van der Waals surface area contributed by atoms with E-state index in [0.717, 1.165) is 21.8 Å². The summed E-state index contributed by atoms with van der Waals surface area (Å²) in [6, 6.07) is 5.09. The number of nitrogens with zero attached hydrogens (tertiary/aromatic N) is 3. The normalized spacial score (nSPS) is 14.2. The van der Waals surface area contributed by atoms with Gasteiger partial charge in [0.2, 0.25) is 29.5 Å². The molecule has 0 aliphatic rings.